The Morgan fingerprint density at radius 3 is 2.75 bits per heavy atom. The molecule has 0 saturated carbocycles. The van der Waals surface area contributed by atoms with Crippen LogP contribution in [0.1, 0.15) is 10.4 Å². The van der Waals surface area contributed by atoms with Gasteiger partial charge < -0.3 is 15.2 Å². The fourth-order valence-corrected chi connectivity index (χ4v) is 1.28. The lowest BCUT2D eigenvalue weighted by Gasteiger charge is -2.06. The van der Waals surface area contributed by atoms with Crippen molar-refractivity contribution in [1.82, 2.24) is 5.32 Å². The zero-order valence-electron chi connectivity index (χ0n) is 10.2. The van der Waals surface area contributed by atoms with E-state index >= 15 is 0 Å². The lowest BCUT2D eigenvalue weighted by Crippen LogP contribution is -2.29. The maximum atomic E-state index is 11.2. The second-order valence-electron chi connectivity index (χ2n) is 3.51. The normalized spacial score (nSPS) is 9.35. The number of aromatic carboxylic acids is 1. The lowest BCUT2D eigenvalue weighted by molar-refractivity contribution is -0.385. The molecule has 8 nitrogen and oxygen atoms in total. The fourth-order valence-electron chi connectivity index (χ4n) is 1.28. The number of terminal acetylenes is 1. The predicted molar refractivity (Wildman–Crippen MR) is 67.4 cm³/mol. The van der Waals surface area contributed by atoms with Gasteiger partial charge in [0.2, 0.25) is 0 Å². The molecule has 0 aromatic heterocycles. The molecule has 2 N–H and O–H groups in total. The van der Waals surface area contributed by atoms with Crippen molar-refractivity contribution in [2.24, 2.45) is 0 Å². The number of hydrogen-bond acceptors (Lipinski definition) is 5. The molecule has 0 heterocycles. The van der Waals surface area contributed by atoms with Crippen LogP contribution in [0.4, 0.5) is 5.69 Å². The van der Waals surface area contributed by atoms with Gasteiger partial charge in [-0.05, 0) is 6.07 Å². The largest absolute Gasteiger partial charge is 0.484 e. The molecule has 0 fully saturated rings. The maximum Gasteiger partial charge on any atom is 0.342 e. The Balaban J connectivity index is 2.81. The first-order chi connectivity index (χ1) is 9.45. The first-order valence-corrected chi connectivity index (χ1v) is 5.30. The van der Waals surface area contributed by atoms with Gasteiger partial charge in [-0.2, -0.15) is 0 Å². The molecule has 0 radical (unpaired) electrons. The van der Waals surface area contributed by atoms with Crippen molar-refractivity contribution in [1.29, 1.82) is 0 Å². The second-order valence-corrected chi connectivity index (χ2v) is 3.51. The van der Waals surface area contributed by atoms with Crippen LogP contribution in [0.15, 0.2) is 18.2 Å². The minimum absolute atomic E-state index is 0.0313. The van der Waals surface area contributed by atoms with Gasteiger partial charge in [0, 0.05) is 12.1 Å². The number of ether oxygens (including phenoxy) is 1. The Hall–Kier alpha value is -3.08. The van der Waals surface area contributed by atoms with Crippen molar-refractivity contribution < 1.29 is 24.4 Å². The van der Waals surface area contributed by atoms with E-state index in [9.17, 15) is 19.7 Å². The van der Waals surface area contributed by atoms with E-state index in [0.29, 0.717) is 0 Å². The number of nitrogens with zero attached hydrogens (tertiary/aromatic N) is 1. The van der Waals surface area contributed by atoms with Crippen molar-refractivity contribution in [3.8, 4) is 18.1 Å². The molecule has 0 aliphatic rings. The van der Waals surface area contributed by atoms with E-state index in [0.717, 1.165) is 12.1 Å². The van der Waals surface area contributed by atoms with Crippen molar-refractivity contribution in [2.75, 3.05) is 13.2 Å². The summed E-state index contributed by atoms with van der Waals surface area (Å²) in [6.07, 6.45) is 4.95. The predicted octanol–water partition coefficient (Wildman–Crippen LogP) is 0.421. The molecule has 0 atom stereocenters. The maximum absolute atomic E-state index is 11.2. The van der Waals surface area contributed by atoms with Crippen molar-refractivity contribution >= 4 is 17.6 Å². The van der Waals surface area contributed by atoms with Crippen LogP contribution >= 0.6 is 0 Å². The zero-order chi connectivity index (χ0) is 15.1. The number of benzene rings is 1. The van der Waals surface area contributed by atoms with Gasteiger partial charge in [-0.15, -0.1) is 6.42 Å². The molecular formula is C12H10N2O6. The summed E-state index contributed by atoms with van der Waals surface area (Å²) in [5.74, 6) is 0.285. The summed E-state index contributed by atoms with van der Waals surface area (Å²) in [5.41, 5.74) is -1.07. The van der Waals surface area contributed by atoms with E-state index in [2.05, 4.69) is 11.2 Å². The smallest absolute Gasteiger partial charge is 0.342 e. The molecule has 1 aromatic rings. The first kappa shape index (κ1) is 15.0. The third-order valence-electron chi connectivity index (χ3n) is 2.15. The van der Waals surface area contributed by atoms with Crippen LogP contribution in [0, 0.1) is 22.5 Å². The highest BCUT2D eigenvalue weighted by molar-refractivity contribution is 5.92. The average molecular weight is 278 g/mol. The van der Waals surface area contributed by atoms with Crippen molar-refractivity contribution in [3.05, 3.63) is 33.9 Å². The summed E-state index contributed by atoms with van der Waals surface area (Å²) < 4.78 is 5.02. The molecule has 1 amide bonds. The van der Waals surface area contributed by atoms with Gasteiger partial charge in [-0.25, -0.2) is 4.79 Å². The molecule has 0 bridgehead atoms. The van der Waals surface area contributed by atoms with Gasteiger partial charge in [-0.1, -0.05) is 5.92 Å². The van der Waals surface area contributed by atoms with Crippen LogP contribution in [-0.2, 0) is 4.79 Å². The zero-order valence-corrected chi connectivity index (χ0v) is 10.2. The molecule has 20 heavy (non-hydrogen) atoms. The second kappa shape index (κ2) is 6.75. The molecule has 1 rings (SSSR count). The van der Waals surface area contributed by atoms with E-state index in [1.807, 2.05) is 0 Å². The number of amides is 1. The third-order valence-corrected chi connectivity index (χ3v) is 2.15. The summed E-state index contributed by atoms with van der Waals surface area (Å²) in [5, 5.41) is 21.9. The van der Waals surface area contributed by atoms with Gasteiger partial charge in [0.1, 0.15) is 11.3 Å². The quantitative estimate of drug-likeness (QED) is 0.442. The molecule has 0 unspecified atom stereocenters. The number of carbonyl (C=O) groups is 2. The number of nitro benzene ring substituents is 1. The Kier molecular flexibility index (Phi) is 5.05. The fraction of sp³-hybridized carbons (Fsp3) is 0.167. The Bertz CT molecular complexity index is 590. The number of rotatable bonds is 6. The van der Waals surface area contributed by atoms with Gasteiger partial charge in [0.15, 0.2) is 6.61 Å². The number of nitro groups is 1. The number of carboxylic acids is 1. The number of carboxylic acid groups (broad SMARTS) is 1. The van der Waals surface area contributed by atoms with E-state index < -0.39 is 28.1 Å². The Morgan fingerprint density at radius 2 is 2.20 bits per heavy atom. The molecule has 0 saturated heterocycles. The highest BCUT2D eigenvalue weighted by Crippen LogP contribution is 2.24. The third kappa shape index (κ3) is 3.99. The topological polar surface area (TPSA) is 119 Å². The van der Waals surface area contributed by atoms with E-state index in [1.54, 1.807) is 0 Å². The number of carbonyl (C=O) groups excluding carboxylic acids is 1. The Labute approximate surface area is 113 Å². The van der Waals surface area contributed by atoms with Crippen molar-refractivity contribution in [3.63, 3.8) is 0 Å². The molecule has 104 valence electrons. The molecular weight excluding hydrogens is 268 g/mol. The van der Waals surface area contributed by atoms with Gasteiger partial charge >= 0.3 is 5.97 Å². The van der Waals surface area contributed by atoms with E-state index in [1.165, 1.54) is 6.07 Å². The number of hydrogen-bond donors (Lipinski definition) is 2. The van der Waals surface area contributed by atoms with Gasteiger partial charge in [-0.3, -0.25) is 14.9 Å². The summed E-state index contributed by atoms with van der Waals surface area (Å²) >= 11 is 0. The van der Waals surface area contributed by atoms with Crippen LogP contribution in [-0.4, -0.2) is 35.1 Å². The van der Waals surface area contributed by atoms with Crippen LogP contribution in [0.5, 0.6) is 5.75 Å². The van der Waals surface area contributed by atoms with Crippen LogP contribution in [0.25, 0.3) is 0 Å². The number of nitrogens with one attached hydrogen (secondary N) is 1. The standard InChI is InChI=1S/C12H10N2O6/c1-2-5-13-11(15)7-20-8-3-4-10(14(18)19)9(6-8)12(16)17/h1,3-4,6H,5,7H2,(H,13,15)(H,16,17). The molecule has 0 aliphatic carbocycles. The highest BCUT2D eigenvalue weighted by Gasteiger charge is 2.20. The minimum atomic E-state index is -1.46. The summed E-state index contributed by atoms with van der Waals surface area (Å²) in [6, 6.07) is 3.19. The van der Waals surface area contributed by atoms with Crippen LogP contribution in [0.3, 0.4) is 0 Å². The van der Waals surface area contributed by atoms with Crippen LogP contribution in [0.2, 0.25) is 0 Å². The average Bonchev–Trinajstić information content (AvgIpc) is 2.42. The van der Waals surface area contributed by atoms with Gasteiger partial charge in [0.05, 0.1) is 11.5 Å². The monoisotopic (exact) mass is 278 g/mol. The molecule has 1 aromatic carbocycles. The molecule has 8 heteroatoms. The van der Waals surface area contributed by atoms with E-state index in [4.69, 9.17) is 16.3 Å². The van der Waals surface area contributed by atoms with E-state index in [-0.39, 0.29) is 18.9 Å². The highest BCUT2D eigenvalue weighted by atomic mass is 16.6. The lowest BCUT2D eigenvalue weighted by atomic mass is 10.1. The minimum Gasteiger partial charge on any atom is -0.484 e. The molecule has 0 spiro atoms. The SMILES string of the molecule is C#CCNC(=O)COc1ccc([N+](=O)[O-])c(C(=O)O)c1. The summed E-state index contributed by atoms with van der Waals surface area (Å²) in [7, 11) is 0. The Morgan fingerprint density at radius 1 is 1.50 bits per heavy atom. The van der Waals surface area contributed by atoms with Crippen LogP contribution < -0.4 is 10.1 Å². The molecule has 0 aliphatic heterocycles. The van der Waals surface area contributed by atoms with Gasteiger partial charge in [0.25, 0.3) is 11.6 Å². The first-order valence-electron chi connectivity index (χ1n) is 5.30. The van der Waals surface area contributed by atoms with Crippen molar-refractivity contribution in [2.45, 2.75) is 0 Å². The summed E-state index contributed by atoms with van der Waals surface area (Å²) in [6.45, 7) is -0.332. The summed E-state index contributed by atoms with van der Waals surface area (Å²) in [4.78, 5) is 31.9.